The summed E-state index contributed by atoms with van der Waals surface area (Å²) in [6.45, 7) is 0.722. The molecule has 1 saturated carbocycles. The van der Waals surface area contributed by atoms with Crippen LogP contribution >= 0.6 is 0 Å². The standard InChI is InChI=1S/C23H24N6O7S/c30-21(25-19-8-1-14(13-24-19)20-26-28-29-27-20)23(22(31)32,36-16-9-11-35-12-10-16)15-2-4-17(5-3-15)37(33,34)18-6-7-18/h1-5,8,13,16,18H,6-7,9-12H2,(H,31,32)(H,24,25,30)(H,26,27,28,29). The number of benzene rings is 1. The maximum atomic E-state index is 13.6. The molecule has 194 valence electrons. The van der Waals surface area contributed by atoms with Gasteiger partial charge in [0.15, 0.2) is 9.84 Å². The number of amides is 1. The fraction of sp³-hybridized carbons (Fsp3) is 0.391. The molecule has 0 bridgehead atoms. The van der Waals surface area contributed by atoms with Crippen molar-refractivity contribution >= 4 is 27.5 Å². The third-order valence-corrected chi connectivity index (χ3v) is 8.57. The molecule has 1 aromatic carbocycles. The number of carbonyl (C=O) groups is 2. The van der Waals surface area contributed by atoms with Gasteiger partial charge in [0.25, 0.3) is 11.5 Å². The number of anilines is 1. The second kappa shape index (κ2) is 9.95. The molecule has 0 radical (unpaired) electrons. The van der Waals surface area contributed by atoms with Crippen molar-refractivity contribution in [2.24, 2.45) is 0 Å². The number of carboxylic acid groups (broad SMARTS) is 1. The van der Waals surface area contributed by atoms with Crippen LogP contribution in [0, 0.1) is 0 Å². The van der Waals surface area contributed by atoms with Crippen LogP contribution in [0.1, 0.15) is 31.2 Å². The van der Waals surface area contributed by atoms with Crippen LogP contribution in [0.2, 0.25) is 0 Å². The number of aromatic nitrogens is 5. The van der Waals surface area contributed by atoms with Crippen molar-refractivity contribution in [3.05, 3.63) is 48.2 Å². The highest BCUT2D eigenvalue weighted by Gasteiger charge is 2.52. The molecule has 1 atom stereocenters. The minimum atomic E-state index is -3.50. The van der Waals surface area contributed by atoms with Gasteiger partial charge < -0.3 is 19.9 Å². The Kier molecular flexibility index (Phi) is 6.70. The lowest BCUT2D eigenvalue weighted by Crippen LogP contribution is -2.52. The Morgan fingerprint density at radius 2 is 1.81 bits per heavy atom. The van der Waals surface area contributed by atoms with Crippen molar-refractivity contribution in [1.29, 1.82) is 0 Å². The summed E-state index contributed by atoms with van der Waals surface area (Å²) >= 11 is 0. The molecule has 1 unspecified atom stereocenters. The van der Waals surface area contributed by atoms with Gasteiger partial charge in [-0.1, -0.05) is 12.1 Å². The fourth-order valence-corrected chi connectivity index (χ4v) is 5.76. The van der Waals surface area contributed by atoms with Crippen molar-refractivity contribution < 1.29 is 32.6 Å². The summed E-state index contributed by atoms with van der Waals surface area (Å²) < 4.78 is 36.6. The zero-order chi connectivity index (χ0) is 26.0. The molecular weight excluding hydrogens is 504 g/mol. The average molecular weight is 529 g/mol. The van der Waals surface area contributed by atoms with Crippen molar-refractivity contribution in [1.82, 2.24) is 25.6 Å². The summed E-state index contributed by atoms with van der Waals surface area (Å²) in [5.41, 5.74) is -1.94. The average Bonchev–Trinajstić information content (AvgIpc) is 3.64. The van der Waals surface area contributed by atoms with Crippen LogP contribution in [0.25, 0.3) is 11.4 Å². The lowest BCUT2D eigenvalue weighted by atomic mass is 9.91. The molecule has 0 spiro atoms. The number of tetrazole rings is 1. The normalized spacial score (nSPS) is 18.2. The van der Waals surface area contributed by atoms with Gasteiger partial charge in [0.1, 0.15) is 5.82 Å². The largest absolute Gasteiger partial charge is 0.478 e. The molecule has 37 heavy (non-hydrogen) atoms. The molecule has 13 nitrogen and oxygen atoms in total. The number of nitrogens with zero attached hydrogens (tertiary/aromatic N) is 4. The number of pyridine rings is 1. The molecule has 14 heteroatoms. The van der Waals surface area contributed by atoms with Gasteiger partial charge in [-0.15, -0.1) is 10.2 Å². The number of hydrogen-bond acceptors (Lipinski definition) is 10. The third-order valence-electron chi connectivity index (χ3n) is 6.29. The van der Waals surface area contributed by atoms with Crippen molar-refractivity contribution in [3.63, 3.8) is 0 Å². The predicted octanol–water partition coefficient (Wildman–Crippen LogP) is 1.31. The Balaban J connectivity index is 1.47. The summed E-state index contributed by atoms with van der Waals surface area (Å²) in [5.74, 6) is -2.15. The highest BCUT2D eigenvalue weighted by Crippen LogP contribution is 2.36. The first-order valence-corrected chi connectivity index (χ1v) is 13.2. The van der Waals surface area contributed by atoms with E-state index >= 15 is 0 Å². The van der Waals surface area contributed by atoms with Gasteiger partial charge in [-0.05, 0) is 55.2 Å². The quantitative estimate of drug-likeness (QED) is 0.340. The van der Waals surface area contributed by atoms with E-state index in [1.165, 1.54) is 36.5 Å². The van der Waals surface area contributed by atoms with Crippen LogP contribution in [-0.2, 0) is 34.5 Å². The van der Waals surface area contributed by atoms with E-state index in [1.54, 1.807) is 6.07 Å². The lowest BCUT2D eigenvalue weighted by molar-refractivity contribution is -0.186. The van der Waals surface area contributed by atoms with E-state index in [0.717, 1.165) is 0 Å². The number of carboxylic acids is 1. The molecule has 1 aliphatic carbocycles. The second-order valence-corrected chi connectivity index (χ2v) is 11.0. The van der Waals surface area contributed by atoms with Gasteiger partial charge >= 0.3 is 5.97 Å². The van der Waals surface area contributed by atoms with Gasteiger partial charge in [0, 0.05) is 30.5 Å². The first-order valence-electron chi connectivity index (χ1n) is 11.7. The van der Waals surface area contributed by atoms with E-state index in [1.807, 2.05) is 0 Å². The van der Waals surface area contributed by atoms with Gasteiger partial charge in [-0.3, -0.25) is 4.79 Å². The van der Waals surface area contributed by atoms with Crippen LogP contribution in [0.4, 0.5) is 5.82 Å². The number of sulfone groups is 1. The van der Waals surface area contributed by atoms with Crippen molar-refractivity contribution in [3.8, 4) is 11.4 Å². The maximum Gasteiger partial charge on any atom is 0.350 e. The van der Waals surface area contributed by atoms with E-state index in [9.17, 15) is 23.1 Å². The molecule has 3 N–H and O–H groups in total. The number of hydrogen-bond donors (Lipinski definition) is 3. The monoisotopic (exact) mass is 528 g/mol. The van der Waals surface area contributed by atoms with Crippen LogP contribution < -0.4 is 5.32 Å². The van der Waals surface area contributed by atoms with Crippen LogP contribution in [0.15, 0.2) is 47.5 Å². The van der Waals surface area contributed by atoms with Crippen molar-refractivity contribution in [2.75, 3.05) is 18.5 Å². The van der Waals surface area contributed by atoms with Gasteiger partial charge in [0.05, 0.1) is 16.2 Å². The summed E-state index contributed by atoms with van der Waals surface area (Å²) in [5, 5.41) is 26.0. The molecule has 3 heterocycles. The van der Waals surface area contributed by atoms with E-state index in [2.05, 4.69) is 30.9 Å². The minimum absolute atomic E-state index is 0.0119. The van der Waals surface area contributed by atoms with Crippen LogP contribution in [0.3, 0.4) is 0 Å². The molecule has 2 aliphatic rings. The van der Waals surface area contributed by atoms with E-state index < -0.39 is 38.7 Å². The predicted molar refractivity (Wildman–Crippen MR) is 127 cm³/mol. The Morgan fingerprint density at radius 1 is 1.08 bits per heavy atom. The van der Waals surface area contributed by atoms with Crippen molar-refractivity contribution in [2.45, 2.75) is 47.5 Å². The third kappa shape index (κ3) is 4.95. The highest BCUT2D eigenvalue weighted by atomic mass is 32.2. The number of aromatic amines is 1. The molecular formula is C23H24N6O7S. The number of ether oxygens (including phenoxy) is 2. The number of carbonyl (C=O) groups excluding carboxylic acids is 1. The minimum Gasteiger partial charge on any atom is -0.478 e. The molecule has 2 aromatic heterocycles. The van der Waals surface area contributed by atoms with Gasteiger partial charge in [0.2, 0.25) is 5.82 Å². The van der Waals surface area contributed by atoms with Crippen LogP contribution in [0.5, 0.6) is 0 Å². The summed E-state index contributed by atoms with van der Waals surface area (Å²) in [6, 6.07) is 8.32. The van der Waals surface area contributed by atoms with E-state index in [0.29, 0.717) is 50.3 Å². The first kappa shape index (κ1) is 24.9. The Bertz CT molecular complexity index is 1370. The lowest BCUT2D eigenvalue weighted by Gasteiger charge is -2.34. The number of aliphatic carboxylic acids is 1. The van der Waals surface area contributed by atoms with Gasteiger partial charge in [-0.2, -0.15) is 5.21 Å². The Labute approximate surface area is 211 Å². The summed E-state index contributed by atoms with van der Waals surface area (Å²) in [6.07, 6.45) is 2.81. The number of H-pyrrole nitrogens is 1. The number of rotatable bonds is 9. The Morgan fingerprint density at radius 3 is 2.38 bits per heavy atom. The molecule has 2 fully saturated rings. The zero-order valence-corrected chi connectivity index (χ0v) is 20.3. The Hall–Kier alpha value is -3.75. The van der Waals surface area contributed by atoms with E-state index in [-0.39, 0.29) is 16.3 Å². The molecule has 1 aliphatic heterocycles. The smallest absolute Gasteiger partial charge is 0.350 e. The fourth-order valence-electron chi connectivity index (χ4n) is 4.11. The molecule has 1 saturated heterocycles. The van der Waals surface area contributed by atoms with E-state index in [4.69, 9.17) is 9.47 Å². The summed E-state index contributed by atoms with van der Waals surface area (Å²) in [7, 11) is -3.50. The van der Waals surface area contributed by atoms with Gasteiger partial charge in [-0.25, -0.2) is 18.2 Å². The first-order chi connectivity index (χ1) is 17.8. The number of nitrogens with one attached hydrogen (secondary N) is 2. The topological polar surface area (TPSA) is 186 Å². The zero-order valence-electron chi connectivity index (χ0n) is 19.5. The second-order valence-electron chi connectivity index (χ2n) is 8.81. The molecule has 5 rings (SSSR count). The molecule has 1 amide bonds. The molecule has 3 aromatic rings. The summed E-state index contributed by atoms with van der Waals surface area (Å²) in [4.78, 5) is 30.6. The van der Waals surface area contributed by atoms with Crippen LogP contribution in [-0.4, -0.2) is 75.6 Å². The maximum absolute atomic E-state index is 13.6. The highest BCUT2D eigenvalue weighted by molar-refractivity contribution is 7.92. The SMILES string of the molecule is O=C(O)C(OC1CCOCC1)(C(=O)Nc1ccc(-c2nn[nH]n2)cn1)c1ccc(S(=O)(=O)C2CC2)cc1.